The van der Waals surface area contributed by atoms with Crippen LogP contribution in [0, 0.1) is 10.1 Å². The van der Waals surface area contributed by atoms with Crippen LogP contribution in [-0.4, -0.2) is 122 Å². The summed E-state index contributed by atoms with van der Waals surface area (Å²) in [6, 6.07) is 20.1. The summed E-state index contributed by atoms with van der Waals surface area (Å²) in [5, 5.41) is 15.4. The molecule has 8 rings (SSSR count). The normalized spacial score (nSPS) is 18.0. The molecule has 18 heteroatoms. The van der Waals surface area contributed by atoms with Crippen molar-refractivity contribution in [2.75, 3.05) is 82.9 Å². The number of hydrogen-bond donors (Lipinski definition) is 3. The average molecular weight is 870 g/mol. The van der Waals surface area contributed by atoms with Gasteiger partial charge in [-0.15, -0.1) is 0 Å². The van der Waals surface area contributed by atoms with Crippen LogP contribution in [0.4, 0.5) is 17.1 Å². The van der Waals surface area contributed by atoms with E-state index in [1.165, 1.54) is 35.5 Å². The Bertz CT molecular complexity index is 2580. The van der Waals surface area contributed by atoms with Gasteiger partial charge in [0.2, 0.25) is 0 Å². The maximum absolute atomic E-state index is 13.9. The molecule has 3 aromatic carbocycles. The highest BCUT2D eigenvalue weighted by Crippen LogP contribution is 2.37. The molecule has 2 aromatic heterocycles. The molecule has 2 fully saturated rings. The number of carbonyl (C=O) groups is 1. The second kappa shape index (κ2) is 17.4. The van der Waals surface area contributed by atoms with E-state index in [0.717, 1.165) is 61.8 Å². The van der Waals surface area contributed by atoms with Crippen LogP contribution in [0.1, 0.15) is 36.2 Å². The van der Waals surface area contributed by atoms with Crippen LogP contribution in [0.3, 0.4) is 0 Å². The molecule has 320 valence electrons. The second-order valence-electron chi connectivity index (χ2n) is 16.2. The minimum atomic E-state index is -4.57. The lowest BCUT2D eigenvalue weighted by Crippen LogP contribution is -2.47. The van der Waals surface area contributed by atoms with E-state index in [2.05, 4.69) is 60.8 Å². The molecule has 1 amide bonds. The number of H-pyrrole nitrogens is 1. The molecule has 0 unspecified atom stereocenters. The molecule has 0 aliphatic carbocycles. The van der Waals surface area contributed by atoms with Gasteiger partial charge in [0.15, 0.2) is 0 Å². The van der Waals surface area contributed by atoms with Gasteiger partial charge in [-0.1, -0.05) is 23.7 Å². The fourth-order valence-electron chi connectivity index (χ4n) is 7.83. The van der Waals surface area contributed by atoms with Crippen molar-refractivity contribution in [3.8, 4) is 11.5 Å². The van der Waals surface area contributed by atoms with Crippen LogP contribution in [0.25, 0.3) is 16.6 Å². The summed E-state index contributed by atoms with van der Waals surface area (Å²) in [7, 11) is -2.58. The number of halogens is 1. The Hall–Kier alpha value is -5.56. The fraction of sp³-hybridized carbons (Fsp3) is 0.349. The van der Waals surface area contributed by atoms with Gasteiger partial charge in [0.25, 0.3) is 21.6 Å². The van der Waals surface area contributed by atoms with Gasteiger partial charge >= 0.3 is 0 Å². The molecule has 0 saturated carbocycles. The third kappa shape index (κ3) is 9.82. The number of piperazine rings is 2. The van der Waals surface area contributed by atoms with Gasteiger partial charge in [0.1, 0.15) is 22.8 Å². The van der Waals surface area contributed by atoms with Crippen LogP contribution in [0.2, 0.25) is 5.02 Å². The standard InChI is InChI=1S/C43H48ClN9O7S/c1-43(2)25-37(29-4-6-32(44)7-5-29)31(28-59-43)27-50-16-18-51(19-17-50)33-8-10-36(40(23-33)60-34-22-30-12-13-45-41(30)46-26-34)42(54)48-61(57,58)35-9-11-38(39(24-35)53(55)56)47-52-20-14-49(3)15-21-52/h4-13,22-24,26,47H,14-21,25,27-28H2,1-3H3,(H,45,46)(H,48,54). The number of hydrogen-bond acceptors (Lipinski definition) is 13. The lowest BCUT2D eigenvalue weighted by molar-refractivity contribution is -0.384. The first-order valence-electron chi connectivity index (χ1n) is 20.1. The van der Waals surface area contributed by atoms with E-state index in [1.54, 1.807) is 24.4 Å². The number of nitrogens with one attached hydrogen (secondary N) is 3. The first-order valence-corrected chi connectivity index (χ1v) is 21.9. The zero-order chi connectivity index (χ0) is 42.9. The summed E-state index contributed by atoms with van der Waals surface area (Å²) in [4.78, 5) is 39.1. The topological polar surface area (TPSA) is 179 Å². The minimum Gasteiger partial charge on any atom is -0.455 e. The maximum Gasteiger partial charge on any atom is 0.295 e. The zero-order valence-electron chi connectivity index (χ0n) is 34.2. The van der Waals surface area contributed by atoms with E-state index < -0.39 is 31.4 Å². The van der Waals surface area contributed by atoms with E-state index in [0.29, 0.717) is 49.2 Å². The molecule has 0 atom stereocenters. The summed E-state index contributed by atoms with van der Waals surface area (Å²) in [5.41, 5.74) is 7.55. The quantitative estimate of drug-likeness (QED) is 0.0930. The average Bonchev–Trinajstić information content (AvgIpc) is 3.71. The lowest BCUT2D eigenvalue weighted by Gasteiger charge is -2.39. The summed E-state index contributed by atoms with van der Waals surface area (Å²) < 4.78 is 42.0. The second-order valence-corrected chi connectivity index (χ2v) is 18.3. The van der Waals surface area contributed by atoms with Gasteiger partial charge < -0.3 is 29.7 Å². The first kappa shape index (κ1) is 42.1. The van der Waals surface area contributed by atoms with Crippen LogP contribution in [-0.2, 0) is 14.8 Å². The number of sulfonamides is 1. The number of pyridine rings is 1. The number of nitrogens with zero attached hydrogens (tertiary/aromatic N) is 6. The SMILES string of the molecule is CN1CCN(Nc2ccc(S(=O)(=O)NC(=O)c3ccc(N4CCN(CC5=C(c6ccc(Cl)cc6)CC(C)(C)OC5)CC4)cc3Oc3cnc4[nH]ccc4c3)cc2[N+](=O)[O-])CC1. The van der Waals surface area contributed by atoms with Gasteiger partial charge in [-0.3, -0.25) is 19.8 Å². The number of benzene rings is 3. The van der Waals surface area contributed by atoms with E-state index in [-0.39, 0.29) is 22.6 Å². The number of hydrazine groups is 1. The molecular formula is C43H48ClN9O7S. The predicted octanol–water partition coefficient (Wildman–Crippen LogP) is 6.38. The van der Waals surface area contributed by atoms with Crippen molar-refractivity contribution < 1.29 is 27.6 Å². The zero-order valence-corrected chi connectivity index (χ0v) is 35.8. The van der Waals surface area contributed by atoms with E-state index in [9.17, 15) is 23.3 Å². The number of carbonyl (C=O) groups excluding carboxylic acids is 1. The Balaban J connectivity index is 1.01. The number of anilines is 2. The number of fused-ring (bicyclic) bond motifs is 1. The van der Waals surface area contributed by atoms with Gasteiger partial charge in [0.05, 0.1) is 33.8 Å². The molecule has 3 aliphatic heterocycles. The highest BCUT2D eigenvalue weighted by molar-refractivity contribution is 7.90. The summed E-state index contributed by atoms with van der Waals surface area (Å²) in [6.07, 6.45) is 4.06. The molecular weight excluding hydrogens is 822 g/mol. The summed E-state index contributed by atoms with van der Waals surface area (Å²) in [5.74, 6) is -0.513. The molecule has 0 radical (unpaired) electrons. The number of nitro benzene ring substituents is 1. The van der Waals surface area contributed by atoms with Crippen LogP contribution in [0.15, 0.2) is 95.7 Å². The van der Waals surface area contributed by atoms with Crippen molar-refractivity contribution in [1.82, 2.24) is 29.5 Å². The first-order chi connectivity index (χ1) is 29.2. The van der Waals surface area contributed by atoms with Crippen LogP contribution < -0.4 is 19.8 Å². The van der Waals surface area contributed by atoms with Gasteiger partial charge in [-0.05, 0) is 86.1 Å². The molecule has 2 saturated heterocycles. The van der Waals surface area contributed by atoms with Crippen molar-refractivity contribution in [3.05, 3.63) is 117 Å². The lowest BCUT2D eigenvalue weighted by atomic mass is 9.87. The number of ether oxygens (including phenoxy) is 2. The van der Waals surface area contributed by atoms with E-state index in [1.807, 2.05) is 30.3 Å². The van der Waals surface area contributed by atoms with Crippen LogP contribution >= 0.6 is 11.6 Å². The molecule has 3 aliphatic rings. The third-order valence-corrected chi connectivity index (χ3v) is 12.9. The third-order valence-electron chi connectivity index (χ3n) is 11.3. The molecule has 3 N–H and O–H groups in total. The van der Waals surface area contributed by atoms with Crippen molar-refractivity contribution in [1.29, 1.82) is 0 Å². The van der Waals surface area contributed by atoms with Crippen molar-refractivity contribution in [2.24, 2.45) is 0 Å². The Labute approximate surface area is 359 Å². The fourth-order valence-corrected chi connectivity index (χ4v) is 8.95. The Morgan fingerprint density at radius 2 is 1.74 bits per heavy atom. The monoisotopic (exact) mass is 869 g/mol. The Morgan fingerprint density at radius 1 is 0.984 bits per heavy atom. The van der Waals surface area contributed by atoms with Crippen molar-refractivity contribution in [3.63, 3.8) is 0 Å². The van der Waals surface area contributed by atoms with E-state index >= 15 is 0 Å². The molecule has 5 heterocycles. The van der Waals surface area contributed by atoms with Gasteiger partial charge in [-0.2, -0.15) is 0 Å². The van der Waals surface area contributed by atoms with Gasteiger partial charge in [-0.25, -0.2) is 23.1 Å². The Morgan fingerprint density at radius 3 is 2.48 bits per heavy atom. The van der Waals surface area contributed by atoms with Crippen molar-refractivity contribution in [2.45, 2.75) is 30.8 Å². The number of aromatic nitrogens is 2. The van der Waals surface area contributed by atoms with E-state index in [4.69, 9.17) is 21.1 Å². The number of rotatable bonds is 12. The molecule has 0 spiro atoms. The Kier molecular flexibility index (Phi) is 12.0. The van der Waals surface area contributed by atoms with Crippen molar-refractivity contribution >= 4 is 61.2 Å². The predicted molar refractivity (Wildman–Crippen MR) is 235 cm³/mol. The van der Waals surface area contributed by atoms with Gasteiger partial charge in [0, 0.05) is 99.7 Å². The minimum absolute atomic E-state index is 0.0510. The molecule has 5 aromatic rings. The molecule has 61 heavy (non-hydrogen) atoms. The number of amides is 1. The largest absolute Gasteiger partial charge is 0.455 e. The molecule has 0 bridgehead atoms. The highest BCUT2D eigenvalue weighted by Gasteiger charge is 2.31. The number of aromatic amines is 1. The number of nitro groups is 1. The van der Waals surface area contributed by atoms with Crippen LogP contribution in [0.5, 0.6) is 11.5 Å². The summed E-state index contributed by atoms with van der Waals surface area (Å²) >= 11 is 6.21. The highest BCUT2D eigenvalue weighted by atomic mass is 35.5. The molecule has 16 nitrogen and oxygen atoms in total. The number of likely N-dealkylation sites (N-methyl/N-ethyl adjacent to an activating group) is 1. The maximum atomic E-state index is 13.9. The summed E-state index contributed by atoms with van der Waals surface area (Å²) in [6.45, 7) is 11.2. The smallest absolute Gasteiger partial charge is 0.295 e.